The quantitative estimate of drug-likeness (QED) is 0.872. The van der Waals surface area contributed by atoms with Crippen LogP contribution in [0.1, 0.15) is 19.0 Å². The Morgan fingerprint density at radius 1 is 1.48 bits per heavy atom. The lowest BCUT2D eigenvalue weighted by Crippen LogP contribution is -2.55. The fourth-order valence-corrected chi connectivity index (χ4v) is 2.97. The van der Waals surface area contributed by atoms with Crippen molar-refractivity contribution >= 4 is 17.4 Å². The van der Waals surface area contributed by atoms with Crippen molar-refractivity contribution in [1.29, 1.82) is 0 Å². The lowest BCUT2D eigenvalue weighted by molar-refractivity contribution is -0.123. The number of carbonyl (C=O) groups is 1. The van der Waals surface area contributed by atoms with Crippen molar-refractivity contribution < 1.29 is 4.79 Å². The van der Waals surface area contributed by atoms with Crippen LogP contribution in [0, 0.1) is 0 Å². The largest absolute Gasteiger partial charge is 0.353 e. The van der Waals surface area contributed by atoms with E-state index in [1.165, 1.54) is 0 Å². The van der Waals surface area contributed by atoms with Gasteiger partial charge in [0.05, 0.1) is 5.69 Å². The van der Waals surface area contributed by atoms with Crippen LogP contribution in [0.3, 0.4) is 0 Å². The number of rotatable bonds is 4. The summed E-state index contributed by atoms with van der Waals surface area (Å²) < 4.78 is 2.09. The Bertz CT molecular complexity index is 651. The number of amides is 1. The summed E-state index contributed by atoms with van der Waals surface area (Å²) in [4.78, 5) is 19.0. The van der Waals surface area contributed by atoms with E-state index in [0.717, 1.165) is 36.7 Å². The minimum absolute atomic E-state index is 0.0937. The number of imidazole rings is 1. The summed E-state index contributed by atoms with van der Waals surface area (Å²) in [6.07, 6.45) is 2.79. The lowest BCUT2D eigenvalue weighted by Gasteiger charge is -2.35. The average Bonchev–Trinajstić information content (AvgIpc) is 2.86. The summed E-state index contributed by atoms with van der Waals surface area (Å²) in [5, 5.41) is 6.13. The van der Waals surface area contributed by atoms with Crippen LogP contribution in [0.25, 0.3) is 5.65 Å². The summed E-state index contributed by atoms with van der Waals surface area (Å²) in [5.41, 5.74) is 2.01. The maximum absolute atomic E-state index is 12.1. The topological polar surface area (TPSA) is 61.7 Å². The van der Waals surface area contributed by atoms with Gasteiger partial charge in [-0.05, 0) is 25.6 Å². The van der Waals surface area contributed by atoms with Crippen molar-refractivity contribution in [2.45, 2.75) is 25.9 Å². The minimum Gasteiger partial charge on any atom is -0.353 e. The number of hydrogen-bond donors (Lipinski definition) is 2. The Morgan fingerprint density at radius 2 is 2.33 bits per heavy atom. The van der Waals surface area contributed by atoms with Gasteiger partial charge in [-0.15, -0.1) is 0 Å². The molecule has 3 rings (SSSR count). The number of anilines is 1. The van der Waals surface area contributed by atoms with Crippen molar-refractivity contribution in [1.82, 2.24) is 20.0 Å². The third-order valence-corrected chi connectivity index (χ3v) is 3.94. The first-order chi connectivity index (χ1) is 10.3. The van der Waals surface area contributed by atoms with Gasteiger partial charge in [-0.25, -0.2) is 4.98 Å². The summed E-state index contributed by atoms with van der Waals surface area (Å²) in [6, 6.07) is 5.83. The Labute approximate surface area is 124 Å². The molecule has 0 saturated carbocycles. The molecule has 2 aromatic rings. The zero-order valence-electron chi connectivity index (χ0n) is 12.5. The molecule has 0 spiro atoms. The van der Waals surface area contributed by atoms with Gasteiger partial charge < -0.3 is 19.9 Å². The van der Waals surface area contributed by atoms with Crippen molar-refractivity contribution in [3.05, 3.63) is 30.1 Å². The molecule has 1 aliphatic heterocycles. The molecule has 3 heterocycles. The number of fused-ring (bicyclic) bond motifs is 1. The highest BCUT2D eigenvalue weighted by atomic mass is 16.2. The fraction of sp³-hybridized carbons (Fsp3) is 0.467. The summed E-state index contributed by atoms with van der Waals surface area (Å²) >= 11 is 0. The van der Waals surface area contributed by atoms with E-state index < -0.39 is 0 Å². The number of pyridine rings is 1. The molecular formula is C15H21N5O. The summed E-state index contributed by atoms with van der Waals surface area (Å²) in [7, 11) is 1.92. The number of piperazine rings is 1. The van der Waals surface area contributed by atoms with E-state index in [-0.39, 0.29) is 11.9 Å². The van der Waals surface area contributed by atoms with Crippen molar-refractivity contribution in [3.63, 3.8) is 0 Å². The van der Waals surface area contributed by atoms with E-state index in [2.05, 4.69) is 19.9 Å². The van der Waals surface area contributed by atoms with Crippen LogP contribution < -0.4 is 15.5 Å². The molecule has 1 fully saturated rings. The van der Waals surface area contributed by atoms with Crippen LogP contribution in [0.2, 0.25) is 0 Å². The molecule has 21 heavy (non-hydrogen) atoms. The van der Waals surface area contributed by atoms with Crippen LogP contribution in [-0.2, 0) is 11.3 Å². The standard InChI is InChI=1S/C15H21N5O/c1-3-11-15(21)17-7-9-20(11)14-12(10-16-2)19-8-5-4-6-13(19)18-14/h4-6,8,11,16H,3,7,9-10H2,1-2H3,(H,17,21). The first-order valence-corrected chi connectivity index (χ1v) is 7.41. The molecule has 112 valence electrons. The van der Waals surface area contributed by atoms with Crippen LogP contribution in [0.5, 0.6) is 0 Å². The second-order valence-corrected chi connectivity index (χ2v) is 5.25. The van der Waals surface area contributed by atoms with E-state index in [0.29, 0.717) is 6.54 Å². The van der Waals surface area contributed by atoms with Gasteiger partial charge >= 0.3 is 0 Å². The molecule has 0 aromatic carbocycles. The molecule has 1 aliphatic rings. The monoisotopic (exact) mass is 287 g/mol. The van der Waals surface area contributed by atoms with Crippen LogP contribution in [0.15, 0.2) is 24.4 Å². The molecule has 1 saturated heterocycles. The Kier molecular flexibility index (Phi) is 3.79. The van der Waals surface area contributed by atoms with Gasteiger partial charge in [0.15, 0.2) is 5.82 Å². The molecule has 6 heteroatoms. The number of hydrogen-bond acceptors (Lipinski definition) is 4. The second-order valence-electron chi connectivity index (χ2n) is 5.25. The first kappa shape index (κ1) is 13.9. The Hall–Kier alpha value is -2.08. The van der Waals surface area contributed by atoms with E-state index >= 15 is 0 Å². The van der Waals surface area contributed by atoms with E-state index in [1.807, 2.05) is 38.4 Å². The van der Waals surface area contributed by atoms with Crippen molar-refractivity contribution in [3.8, 4) is 0 Å². The Morgan fingerprint density at radius 3 is 3.10 bits per heavy atom. The first-order valence-electron chi connectivity index (χ1n) is 7.41. The molecular weight excluding hydrogens is 266 g/mol. The predicted octanol–water partition coefficient (Wildman–Crippen LogP) is 0.768. The molecule has 1 unspecified atom stereocenters. The second kappa shape index (κ2) is 5.73. The van der Waals surface area contributed by atoms with Gasteiger partial charge in [0.1, 0.15) is 11.7 Å². The molecule has 0 aliphatic carbocycles. The predicted molar refractivity (Wildman–Crippen MR) is 82.4 cm³/mol. The fourth-order valence-electron chi connectivity index (χ4n) is 2.97. The van der Waals surface area contributed by atoms with Crippen molar-refractivity contribution in [2.24, 2.45) is 0 Å². The third kappa shape index (κ3) is 2.35. The maximum atomic E-state index is 12.1. The van der Waals surface area contributed by atoms with Gasteiger partial charge in [-0.1, -0.05) is 13.0 Å². The Balaban J connectivity index is 2.09. The summed E-state index contributed by atoms with van der Waals surface area (Å²) in [5.74, 6) is 1.01. The van der Waals surface area contributed by atoms with Gasteiger partial charge in [-0.3, -0.25) is 4.79 Å². The van der Waals surface area contributed by atoms with Gasteiger partial charge in [-0.2, -0.15) is 0 Å². The molecule has 2 aromatic heterocycles. The molecule has 0 radical (unpaired) electrons. The zero-order valence-corrected chi connectivity index (χ0v) is 12.5. The lowest BCUT2D eigenvalue weighted by atomic mass is 10.1. The number of nitrogens with one attached hydrogen (secondary N) is 2. The molecule has 1 amide bonds. The molecule has 0 bridgehead atoms. The van der Waals surface area contributed by atoms with Gasteiger partial charge in [0.25, 0.3) is 0 Å². The van der Waals surface area contributed by atoms with Crippen LogP contribution >= 0.6 is 0 Å². The molecule has 1 atom stereocenters. The number of carbonyl (C=O) groups excluding carboxylic acids is 1. The highest BCUT2D eigenvalue weighted by molar-refractivity contribution is 5.86. The average molecular weight is 287 g/mol. The van der Waals surface area contributed by atoms with Gasteiger partial charge in [0, 0.05) is 25.8 Å². The zero-order chi connectivity index (χ0) is 14.8. The smallest absolute Gasteiger partial charge is 0.242 e. The van der Waals surface area contributed by atoms with E-state index in [9.17, 15) is 4.79 Å². The molecule has 6 nitrogen and oxygen atoms in total. The number of nitrogens with zero attached hydrogens (tertiary/aromatic N) is 3. The SMILES string of the molecule is CCC1C(=O)NCCN1c1nc2ccccn2c1CNC. The number of aromatic nitrogens is 2. The van der Waals surface area contributed by atoms with E-state index in [4.69, 9.17) is 4.98 Å². The third-order valence-electron chi connectivity index (χ3n) is 3.94. The van der Waals surface area contributed by atoms with Gasteiger partial charge in [0.2, 0.25) is 5.91 Å². The van der Waals surface area contributed by atoms with Crippen molar-refractivity contribution in [2.75, 3.05) is 25.0 Å². The van der Waals surface area contributed by atoms with E-state index in [1.54, 1.807) is 0 Å². The minimum atomic E-state index is -0.140. The van der Waals surface area contributed by atoms with Crippen LogP contribution in [-0.4, -0.2) is 41.5 Å². The summed E-state index contributed by atoms with van der Waals surface area (Å²) in [6.45, 7) is 4.22. The maximum Gasteiger partial charge on any atom is 0.242 e. The highest BCUT2D eigenvalue weighted by Crippen LogP contribution is 2.25. The normalized spacial score (nSPS) is 19.0. The highest BCUT2D eigenvalue weighted by Gasteiger charge is 2.31. The molecule has 2 N–H and O–H groups in total. The van der Waals surface area contributed by atoms with Crippen LogP contribution in [0.4, 0.5) is 5.82 Å².